The monoisotopic (exact) mass is 435 g/mol. The Hall–Kier alpha value is -3.07. The van der Waals surface area contributed by atoms with Crippen LogP contribution in [0.3, 0.4) is 0 Å². The lowest BCUT2D eigenvalue weighted by Crippen LogP contribution is -2.30. The maximum Gasteiger partial charge on any atom is 0.335 e. The molecule has 0 amide bonds. The van der Waals surface area contributed by atoms with E-state index in [2.05, 4.69) is 29.0 Å². The Labute approximate surface area is 186 Å². The number of hydrogen-bond acceptors (Lipinski definition) is 7. The van der Waals surface area contributed by atoms with Gasteiger partial charge in [-0.3, -0.25) is 0 Å². The molecule has 3 rings (SSSR count). The standard InChI is InChI=1S/C23H25N5O2S/c1-3-18-19(13-24)21(28-10-4-9-27(2)11-12-28)26-22(20(18)14-25)31-15-16-5-7-17(8-6-16)23(29)30/h5-8H,3-4,9-12,15H2,1-2H3,(H,29,30). The van der Waals surface area contributed by atoms with Crippen LogP contribution in [-0.4, -0.2) is 54.2 Å². The van der Waals surface area contributed by atoms with Crippen LogP contribution in [0, 0.1) is 22.7 Å². The van der Waals surface area contributed by atoms with Gasteiger partial charge in [-0.05, 0) is 49.7 Å². The van der Waals surface area contributed by atoms with E-state index in [-0.39, 0.29) is 5.56 Å². The topological polar surface area (TPSA) is 104 Å². The first kappa shape index (κ1) is 22.6. The number of likely N-dealkylation sites (N-methyl/N-ethyl adjacent to an activating group) is 1. The predicted octanol–water partition coefficient (Wildman–Crippen LogP) is 3.52. The molecule has 0 radical (unpaired) electrons. The van der Waals surface area contributed by atoms with Crippen LogP contribution in [0.15, 0.2) is 29.3 Å². The second-order valence-electron chi connectivity index (χ2n) is 7.48. The van der Waals surface area contributed by atoms with Gasteiger partial charge in [0.1, 0.15) is 23.0 Å². The van der Waals surface area contributed by atoms with Crippen molar-refractivity contribution in [3.63, 3.8) is 0 Å². The van der Waals surface area contributed by atoms with Crippen molar-refractivity contribution in [2.45, 2.75) is 30.5 Å². The first-order valence-electron chi connectivity index (χ1n) is 10.2. The molecule has 0 spiro atoms. The molecule has 0 saturated carbocycles. The molecule has 2 heterocycles. The lowest BCUT2D eigenvalue weighted by atomic mass is 10.0. The molecular weight excluding hydrogens is 410 g/mol. The maximum atomic E-state index is 11.1. The van der Waals surface area contributed by atoms with Gasteiger partial charge in [-0.15, -0.1) is 11.8 Å². The number of nitrogens with zero attached hydrogens (tertiary/aromatic N) is 5. The molecule has 1 aromatic heterocycles. The minimum atomic E-state index is -0.958. The molecule has 7 nitrogen and oxygen atoms in total. The van der Waals surface area contributed by atoms with E-state index in [1.54, 1.807) is 24.3 Å². The fraction of sp³-hybridized carbons (Fsp3) is 0.391. The normalized spacial score (nSPS) is 14.5. The Balaban J connectivity index is 1.96. The number of thioether (sulfide) groups is 1. The van der Waals surface area contributed by atoms with Crippen molar-refractivity contribution >= 4 is 23.5 Å². The lowest BCUT2D eigenvalue weighted by Gasteiger charge is -2.25. The number of anilines is 1. The van der Waals surface area contributed by atoms with Crippen molar-refractivity contribution in [1.82, 2.24) is 9.88 Å². The summed E-state index contributed by atoms with van der Waals surface area (Å²) in [7, 11) is 2.09. The number of aromatic nitrogens is 1. The zero-order valence-electron chi connectivity index (χ0n) is 17.8. The van der Waals surface area contributed by atoms with E-state index in [1.165, 1.54) is 11.8 Å². The third-order valence-corrected chi connectivity index (χ3v) is 6.47. The van der Waals surface area contributed by atoms with Crippen LogP contribution in [0.4, 0.5) is 5.82 Å². The Morgan fingerprint density at radius 2 is 1.84 bits per heavy atom. The molecule has 2 aromatic rings. The molecule has 1 aromatic carbocycles. The molecule has 31 heavy (non-hydrogen) atoms. The molecule has 1 fully saturated rings. The van der Waals surface area contributed by atoms with Crippen molar-refractivity contribution in [3.8, 4) is 12.1 Å². The summed E-state index contributed by atoms with van der Waals surface area (Å²) in [6.07, 6.45) is 1.57. The van der Waals surface area contributed by atoms with E-state index in [0.717, 1.165) is 43.7 Å². The summed E-state index contributed by atoms with van der Waals surface area (Å²) in [5.74, 6) is 0.260. The van der Waals surface area contributed by atoms with Gasteiger partial charge in [0.25, 0.3) is 0 Å². The summed E-state index contributed by atoms with van der Waals surface area (Å²) in [6, 6.07) is 11.3. The van der Waals surface area contributed by atoms with Gasteiger partial charge in [0.2, 0.25) is 0 Å². The largest absolute Gasteiger partial charge is 0.478 e. The van der Waals surface area contributed by atoms with E-state index in [0.29, 0.717) is 34.1 Å². The fourth-order valence-electron chi connectivity index (χ4n) is 3.67. The van der Waals surface area contributed by atoms with Crippen LogP contribution in [0.25, 0.3) is 0 Å². The van der Waals surface area contributed by atoms with Crippen LogP contribution in [0.5, 0.6) is 0 Å². The number of carboxylic acids is 1. The Kier molecular flexibility index (Phi) is 7.51. The predicted molar refractivity (Wildman–Crippen MR) is 120 cm³/mol. The number of aromatic carboxylic acids is 1. The number of nitriles is 2. The molecule has 160 valence electrons. The summed E-state index contributed by atoms with van der Waals surface area (Å²) in [5, 5.41) is 29.4. The summed E-state index contributed by atoms with van der Waals surface area (Å²) >= 11 is 1.44. The summed E-state index contributed by atoms with van der Waals surface area (Å²) < 4.78 is 0. The third-order valence-electron chi connectivity index (χ3n) is 5.42. The quantitative estimate of drug-likeness (QED) is 0.687. The number of pyridine rings is 1. The smallest absolute Gasteiger partial charge is 0.335 e. The average Bonchev–Trinajstić information content (AvgIpc) is 3.00. The summed E-state index contributed by atoms with van der Waals surface area (Å²) in [5.41, 5.74) is 2.89. The van der Waals surface area contributed by atoms with Crippen LogP contribution >= 0.6 is 11.8 Å². The van der Waals surface area contributed by atoms with Crippen molar-refractivity contribution in [2.24, 2.45) is 0 Å². The highest BCUT2D eigenvalue weighted by Gasteiger charge is 2.24. The molecule has 0 unspecified atom stereocenters. The second kappa shape index (κ2) is 10.3. The Bertz CT molecular complexity index is 1040. The highest BCUT2D eigenvalue weighted by molar-refractivity contribution is 7.98. The second-order valence-corrected chi connectivity index (χ2v) is 8.44. The van der Waals surface area contributed by atoms with E-state index >= 15 is 0 Å². The van der Waals surface area contributed by atoms with Gasteiger partial charge in [-0.1, -0.05) is 19.1 Å². The molecule has 1 saturated heterocycles. The van der Waals surface area contributed by atoms with Crippen LogP contribution < -0.4 is 4.90 Å². The first-order chi connectivity index (χ1) is 15.0. The van der Waals surface area contributed by atoms with Crippen molar-refractivity contribution < 1.29 is 9.90 Å². The van der Waals surface area contributed by atoms with Gasteiger partial charge >= 0.3 is 5.97 Å². The van der Waals surface area contributed by atoms with E-state index < -0.39 is 5.97 Å². The molecule has 0 atom stereocenters. The van der Waals surface area contributed by atoms with E-state index in [4.69, 9.17) is 10.1 Å². The van der Waals surface area contributed by atoms with Gasteiger partial charge in [-0.25, -0.2) is 9.78 Å². The van der Waals surface area contributed by atoms with Crippen LogP contribution in [0.2, 0.25) is 0 Å². The minimum Gasteiger partial charge on any atom is -0.478 e. The van der Waals surface area contributed by atoms with Crippen molar-refractivity contribution in [3.05, 3.63) is 52.1 Å². The lowest BCUT2D eigenvalue weighted by molar-refractivity contribution is 0.0697. The molecule has 0 bridgehead atoms. The van der Waals surface area contributed by atoms with Gasteiger partial charge in [-0.2, -0.15) is 10.5 Å². The zero-order chi connectivity index (χ0) is 22.4. The molecule has 8 heteroatoms. The molecule has 1 aliphatic rings. The molecule has 1 aliphatic heterocycles. The fourth-order valence-corrected chi connectivity index (χ4v) is 4.63. The molecule has 1 N–H and O–H groups in total. The molecule has 0 aliphatic carbocycles. The number of carboxylic acid groups (broad SMARTS) is 1. The first-order valence-corrected chi connectivity index (χ1v) is 11.2. The summed E-state index contributed by atoms with van der Waals surface area (Å²) in [6.45, 7) is 5.46. The number of carbonyl (C=O) groups is 1. The van der Waals surface area contributed by atoms with Gasteiger partial charge in [0, 0.05) is 25.4 Å². The zero-order valence-corrected chi connectivity index (χ0v) is 18.6. The van der Waals surface area contributed by atoms with E-state index in [9.17, 15) is 15.3 Å². The average molecular weight is 436 g/mol. The van der Waals surface area contributed by atoms with Gasteiger partial charge in [0.05, 0.1) is 16.7 Å². The van der Waals surface area contributed by atoms with E-state index in [1.807, 2.05) is 6.92 Å². The molecular formula is C23H25N5O2S. The van der Waals surface area contributed by atoms with Crippen LogP contribution in [-0.2, 0) is 12.2 Å². The maximum absolute atomic E-state index is 11.1. The van der Waals surface area contributed by atoms with Gasteiger partial charge < -0.3 is 14.9 Å². The SMILES string of the molecule is CCc1c(C#N)c(SCc2ccc(C(=O)O)cc2)nc(N2CCCN(C)CC2)c1C#N. The number of rotatable bonds is 6. The van der Waals surface area contributed by atoms with Crippen LogP contribution in [0.1, 0.15) is 46.0 Å². The summed E-state index contributed by atoms with van der Waals surface area (Å²) in [4.78, 5) is 20.3. The van der Waals surface area contributed by atoms with Crippen molar-refractivity contribution in [2.75, 3.05) is 38.1 Å². The van der Waals surface area contributed by atoms with Gasteiger partial charge in [0.15, 0.2) is 0 Å². The highest BCUT2D eigenvalue weighted by atomic mass is 32.2. The Morgan fingerprint density at radius 3 is 2.45 bits per heavy atom. The highest BCUT2D eigenvalue weighted by Crippen LogP contribution is 2.33. The third kappa shape index (κ3) is 5.16. The minimum absolute atomic E-state index is 0.240. The Morgan fingerprint density at radius 1 is 1.13 bits per heavy atom. The number of hydrogen-bond donors (Lipinski definition) is 1. The number of benzene rings is 1. The van der Waals surface area contributed by atoms with Crippen molar-refractivity contribution in [1.29, 1.82) is 10.5 Å².